The number of hydrogen-bond acceptors (Lipinski definition) is 6. The Balaban J connectivity index is 1.43. The fraction of sp³-hybridized carbons (Fsp3) is 0.333. The Hall–Kier alpha value is -2.70. The summed E-state index contributed by atoms with van der Waals surface area (Å²) < 4.78 is 5.33. The summed E-state index contributed by atoms with van der Waals surface area (Å²) in [4.78, 5) is 6.49. The van der Waals surface area contributed by atoms with Gasteiger partial charge in [0, 0.05) is 44.9 Å². The van der Waals surface area contributed by atoms with Gasteiger partial charge in [0.25, 0.3) is 0 Å². The van der Waals surface area contributed by atoms with Crippen LogP contribution in [0.3, 0.4) is 0 Å². The fourth-order valence-electron chi connectivity index (χ4n) is 2.80. The summed E-state index contributed by atoms with van der Waals surface area (Å²) in [6.45, 7) is 1.20. The number of benzene rings is 2. The van der Waals surface area contributed by atoms with Crippen LogP contribution in [0.5, 0.6) is 0 Å². The van der Waals surface area contributed by atoms with Gasteiger partial charge >= 0.3 is 0 Å². The average molecular weight is 366 g/mol. The summed E-state index contributed by atoms with van der Waals surface area (Å²) >= 11 is 0. The van der Waals surface area contributed by atoms with Gasteiger partial charge in [-0.3, -0.25) is 0 Å². The molecule has 1 heterocycles. The minimum atomic E-state index is -0.416. The van der Waals surface area contributed by atoms with E-state index in [-0.39, 0.29) is 0 Å². The van der Waals surface area contributed by atoms with Crippen molar-refractivity contribution in [2.75, 3.05) is 32.1 Å². The highest BCUT2D eigenvalue weighted by molar-refractivity contribution is 5.59. The van der Waals surface area contributed by atoms with E-state index in [2.05, 4.69) is 15.5 Å². The third-order valence-electron chi connectivity index (χ3n) is 4.32. The Bertz CT molecular complexity index is 816. The smallest absolute Gasteiger partial charge is 0.228 e. The molecule has 0 bridgehead atoms. The minimum Gasteiger partial charge on any atom is -0.391 e. The van der Waals surface area contributed by atoms with Gasteiger partial charge in [-0.15, -0.1) is 0 Å². The number of aliphatic hydroxyl groups excluding tert-OH is 1. The first kappa shape index (κ1) is 19.1. The Kier molecular flexibility index (Phi) is 6.57. The summed E-state index contributed by atoms with van der Waals surface area (Å²) in [7, 11) is 4.01. The lowest BCUT2D eigenvalue weighted by Crippen LogP contribution is -2.29. The van der Waals surface area contributed by atoms with Gasteiger partial charge in [-0.1, -0.05) is 35.5 Å². The summed E-state index contributed by atoms with van der Waals surface area (Å²) in [5, 5.41) is 17.4. The van der Waals surface area contributed by atoms with Gasteiger partial charge in [0.15, 0.2) is 0 Å². The van der Waals surface area contributed by atoms with Crippen molar-refractivity contribution in [3.8, 4) is 11.4 Å². The summed E-state index contributed by atoms with van der Waals surface area (Å²) in [6, 6.07) is 18.0. The SMILES string of the molecule is CN(C)c1ccc(-c2noc(CCNCC(O)Cc3ccccc3)n2)cc1. The molecule has 1 atom stereocenters. The maximum absolute atomic E-state index is 10.1. The Morgan fingerprint density at radius 2 is 1.81 bits per heavy atom. The molecule has 0 aliphatic heterocycles. The van der Waals surface area contributed by atoms with Crippen LogP contribution in [0.25, 0.3) is 11.4 Å². The number of aromatic nitrogens is 2. The van der Waals surface area contributed by atoms with E-state index in [1.54, 1.807) is 0 Å². The molecule has 0 radical (unpaired) electrons. The van der Waals surface area contributed by atoms with Crippen LogP contribution in [0.4, 0.5) is 5.69 Å². The van der Waals surface area contributed by atoms with Gasteiger partial charge in [0.2, 0.25) is 11.7 Å². The van der Waals surface area contributed by atoms with Gasteiger partial charge in [0.05, 0.1) is 6.10 Å². The van der Waals surface area contributed by atoms with Crippen LogP contribution >= 0.6 is 0 Å². The molecule has 3 aromatic rings. The molecule has 2 N–H and O–H groups in total. The van der Waals surface area contributed by atoms with E-state index >= 15 is 0 Å². The molecule has 6 nitrogen and oxygen atoms in total. The van der Waals surface area contributed by atoms with Crippen molar-refractivity contribution in [2.24, 2.45) is 0 Å². The van der Waals surface area contributed by atoms with Crippen LogP contribution in [0.1, 0.15) is 11.5 Å². The molecular weight excluding hydrogens is 340 g/mol. The van der Waals surface area contributed by atoms with Crippen LogP contribution in [0.15, 0.2) is 59.1 Å². The zero-order valence-corrected chi connectivity index (χ0v) is 15.8. The first-order valence-corrected chi connectivity index (χ1v) is 9.15. The number of anilines is 1. The van der Waals surface area contributed by atoms with Gasteiger partial charge in [-0.2, -0.15) is 4.98 Å². The lowest BCUT2D eigenvalue weighted by Gasteiger charge is -2.11. The number of rotatable bonds is 9. The average Bonchev–Trinajstić information content (AvgIpc) is 3.15. The van der Waals surface area contributed by atoms with E-state index < -0.39 is 6.10 Å². The van der Waals surface area contributed by atoms with Crippen molar-refractivity contribution in [3.05, 3.63) is 66.1 Å². The van der Waals surface area contributed by atoms with Crippen molar-refractivity contribution in [2.45, 2.75) is 18.9 Å². The van der Waals surface area contributed by atoms with Crippen LogP contribution < -0.4 is 10.2 Å². The van der Waals surface area contributed by atoms with E-state index in [4.69, 9.17) is 4.52 Å². The third-order valence-corrected chi connectivity index (χ3v) is 4.32. The van der Waals surface area contributed by atoms with Crippen LogP contribution in [-0.2, 0) is 12.8 Å². The number of nitrogens with zero attached hydrogens (tertiary/aromatic N) is 3. The van der Waals surface area contributed by atoms with Crippen LogP contribution in [-0.4, -0.2) is 48.5 Å². The fourth-order valence-corrected chi connectivity index (χ4v) is 2.80. The van der Waals surface area contributed by atoms with E-state index in [9.17, 15) is 5.11 Å². The van der Waals surface area contributed by atoms with Crippen molar-refractivity contribution >= 4 is 5.69 Å². The minimum absolute atomic E-state index is 0.416. The zero-order valence-electron chi connectivity index (χ0n) is 15.8. The van der Waals surface area contributed by atoms with Gasteiger partial charge < -0.3 is 19.8 Å². The molecule has 0 aliphatic rings. The van der Waals surface area contributed by atoms with E-state index in [0.717, 1.165) is 16.8 Å². The second kappa shape index (κ2) is 9.30. The molecular formula is C21H26N4O2. The van der Waals surface area contributed by atoms with E-state index in [1.807, 2.05) is 73.6 Å². The molecule has 3 rings (SSSR count). The Morgan fingerprint density at radius 1 is 1.07 bits per heavy atom. The molecule has 0 spiro atoms. The molecule has 1 unspecified atom stereocenters. The van der Waals surface area contributed by atoms with Crippen LogP contribution in [0, 0.1) is 0 Å². The van der Waals surface area contributed by atoms with Crippen molar-refractivity contribution < 1.29 is 9.63 Å². The third kappa shape index (κ3) is 5.64. The number of hydrogen-bond donors (Lipinski definition) is 2. The Labute approximate surface area is 159 Å². The molecule has 0 saturated carbocycles. The Morgan fingerprint density at radius 3 is 2.52 bits per heavy atom. The van der Waals surface area contributed by atoms with Crippen molar-refractivity contribution in [1.82, 2.24) is 15.5 Å². The van der Waals surface area contributed by atoms with Gasteiger partial charge in [0.1, 0.15) is 0 Å². The summed E-state index contributed by atoms with van der Waals surface area (Å²) in [6.07, 6.45) is 0.850. The van der Waals surface area contributed by atoms with Crippen molar-refractivity contribution in [1.29, 1.82) is 0 Å². The van der Waals surface area contributed by atoms with E-state index in [0.29, 0.717) is 37.6 Å². The first-order chi connectivity index (χ1) is 13.1. The predicted octanol–water partition coefficient (Wildman–Crippen LogP) is 2.54. The molecule has 0 fully saturated rings. The zero-order chi connectivity index (χ0) is 19.1. The number of nitrogens with one attached hydrogen (secondary N) is 1. The molecule has 27 heavy (non-hydrogen) atoms. The van der Waals surface area contributed by atoms with Gasteiger partial charge in [-0.25, -0.2) is 0 Å². The molecule has 0 aliphatic carbocycles. The molecule has 0 amide bonds. The highest BCUT2D eigenvalue weighted by Gasteiger charge is 2.10. The van der Waals surface area contributed by atoms with Crippen molar-refractivity contribution in [3.63, 3.8) is 0 Å². The maximum Gasteiger partial charge on any atom is 0.228 e. The van der Waals surface area contributed by atoms with Crippen LogP contribution in [0.2, 0.25) is 0 Å². The highest BCUT2D eigenvalue weighted by Crippen LogP contribution is 2.20. The lowest BCUT2D eigenvalue weighted by atomic mass is 10.1. The molecule has 0 saturated heterocycles. The second-order valence-electron chi connectivity index (χ2n) is 6.75. The first-order valence-electron chi connectivity index (χ1n) is 9.15. The largest absolute Gasteiger partial charge is 0.391 e. The standard InChI is InChI=1S/C21H26N4O2/c1-25(2)18-10-8-17(9-11-18)21-23-20(27-24-21)12-13-22-15-19(26)14-16-6-4-3-5-7-16/h3-11,19,22,26H,12-15H2,1-2H3. The highest BCUT2D eigenvalue weighted by atomic mass is 16.5. The lowest BCUT2D eigenvalue weighted by molar-refractivity contribution is 0.172. The molecule has 142 valence electrons. The molecule has 2 aromatic carbocycles. The summed E-state index contributed by atoms with van der Waals surface area (Å²) in [5.74, 6) is 1.19. The maximum atomic E-state index is 10.1. The van der Waals surface area contributed by atoms with Gasteiger partial charge in [-0.05, 0) is 36.2 Å². The predicted molar refractivity (Wildman–Crippen MR) is 107 cm³/mol. The molecule has 6 heteroatoms. The summed E-state index contributed by atoms with van der Waals surface area (Å²) in [5.41, 5.74) is 3.19. The normalized spacial score (nSPS) is 12.1. The quantitative estimate of drug-likeness (QED) is 0.567. The van der Waals surface area contributed by atoms with E-state index in [1.165, 1.54) is 0 Å². The number of aliphatic hydroxyl groups is 1. The second-order valence-corrected chi connectivity index (χ2v) is 6.75. The monoisotopic (exact) mass is 366 g/mol. The molecule has 1 aromatic heterocycles. The topological polar surface area (TPSA) is 74.4 Å².